The van der Waals surface area contributed by atoms with Crippen molar-refractivity contribution in [3.63, 3.8) is 0 Å². The third-order valence-corrected chi connectivity index (χ3v) is 4.24. The molecule has 3 aromatic rings. The van der Waals surface area contributed by atoms with Crippen molar-refractivity contribution in [2.75, 3.05) is 6.54 Å². The van der Waals surface area contributed by atoms with E-state index in [1.54, 1.807) is 6.07 Å². The van der Waals surface area contributed by atoms with Crippen LogP contribution < -0.4 is 16.6 Å². The SMILES string of the molecule is Cl.NCCCCC(=O)NCc1cccc(-c2n[nH]c(=O)c3ccccc23)c1. The first-order valence-electron chi connectivity index (χ1n) is 8.72. The molecule has 0 aliphatic carbocycles. The van der Waals surface area contributed by atoms with E-state index in [1.165, 1.54) is 0 Å². The van der Waals surface area contributed by atoms with Crippen LogP contribution in [0.25, 0.3) is 22.0 Å². The van der Waals surface area contributed by atoms with E-state index in [9.17, 15) is 9.59 Å². The van der Waals surface area contributed by atoms with Gasteiger partial charge in [0.15, 0.2) is 0 Å². The van der Waals surface area contributed by atoms with Gasteiger partial charge in [-0.3, -0.25) is 9.59 Å². The van der Waals surface area contributed by atoms with Crippen molar-refractivity contribution >= 4 is 29.1 Å². The molecule has 142 valence electrons. The number of amides is 1. The summed E-state index contributed by atoms with van der Waals surface area (Å²) in [6.45, 7) is 1.06. The lowest BCUT2D eigenvalue weighted by Gasteiger charge is -2.09. The first kappa shape index (κ1) is 20.6. The zero-order chi connectivity index (χ0) is 18.4. The number of benzene rings is 2. The molecule has 0 aliphatic heterocycles. The Bertz CT molecular complexity index is 971. The van der Waals surface area contributed by atoms with Crippen LogP contribution in [-0.4, -0.2) is 22.6 Å². The van der Waals surface area contributed by atoms with E-state index in [1.807, 2.05) is 42.5 Å². The number of hydrogen-bond donors (Lipinski definition) is 3. The maximum absolute atomic E-state index is 11.9. The summed E-state index contributed by atoms with van der Waals surface area (Å²) in [4.78, 5) is 23.8. The number of nitrogens with zero attached hydrogens (tertiary/aromatic N) is 1. The summed E-state index contributed by atoms with van der Waals surface area (Å²) in [6, 6.07) is 15.2. The average Bonchev–Trinajstić information content (AvgIpc) is 2.67. The van der Waals surface area contributed by atoms with Crippen LogP contribution in [0.2, 0.25) is 0 Å². The Morgan fingerprint density at radius 1 is 1.07 bits per heavy atom. The van der Waals surface area contributed by atoms with Crippen LogP contribution >= 0.6 is 12.4 Å². The van der Waals surface area contributed by atoms with Crippen LogP contribution in [0.4, 0.5) is 0 Å². The summed E-state index contributed by atoms with van der Waals surface area (Å²) in [5.74, 6) is 0.0245. The molecule has 0 spiro atoms. The largest absolute Gasteiger partial charge is 0.352 e. The molecule has 0 saturated heterocycles. The number of unbranched alkanes of at least 4 members (excludes halogenated alkanes) is 1. The molecule has 0 atom stereocenters. The van der Waals surface area contributed by atoms with Crippen molar-refractivity contribution in [3.05, 3.63) is 64.4 Å². The van der Waals surface area contributed by atoms with Crippen LogP contribution in [0, 0.1) is 0 Å². The molecule has 4 N–H and O–H groups in total. The normalized spacial score (nSPS) is 10.4. The summed E-state index contributed by atoms with van der Waals surface area (Å²) in [5.41, 5.74) is 7.83. The van der Waals surface area contributed by atoms with Crippen molar-refractivity contribution in [1.29, 1.82) is 0 Å². The smallest absolute Gasteiger partial charge is 0.272 e. The average molecular weight is 387 g/mol. The fourth-order valence-corrected chi connectivity index (χ4v) is 2.88. The first-order valence-corrected chi connectivity index (χ1v) is 8.72. The number of halogens is 1. The Hall–Kier alpha value is -2.70. The Kier molecular flexibility index (Phi) is 7.52. The molecule has 2 aromatic carbocycles. The van der Waals surface area contributed by atoms with Gasteiger partial charge in [0.25, 0.3) is 5.56 Å². The summed E-state index contributed by atoms with van der Waals surface area (Å²) < 4.78 is 0. The summed E-state index contributed by atoms with van der Waals surface area (Å²) in [7, 11) is 0. The van der Waals surface area contributed by atoms with E-state index in [-0.39, 0.29) is 23.9 Å². The number of nitrogens with one attached hydrogen (secondary N) is 2. The van der Waals surface area contributed by atoms with Gasteiger partial charge in [-0.1, -0.05) is 36.4 Å². The fraction of sp³-hybridized carbons (Fsp3) is 0.250. The maximum atomic E-state index is 11.9. The van der Waals surface area contributed by atoms with Gasteiger partial charge in [-0.05, 0) is 37.1 Å². The Morgan fingerprint density at radius 3 is 2.63 bits per heavy atom. The van der Waals surface area contributed by atoms with Gasteiger partial charge in [0, 0.05) is 23.9 Å². The molecule has 7 heteroatoms. The standard InChI is InChI=1S/C20H22N4O2.ClH/c21-11-4-3-10-18(25)22-13-14-6-5-7-15(12-14)19-16-8-1-2-9-17(16)20(26)24-23-19;/h1-2,5-9,12H,3-4,10-11,13,21H2,(H,22,25)(H,24,26);1H. The van der Waals surface area contributed by atoms with Crippen LogP contribution in [-0.2, 0) is 11.3 Å². The molecule has 3 rings (SSSR count). The Labute approximate surface area is 163 Å². The predicted molar refractivity (Wildman–Crippen MR) is 110 cm³/mol. The lowest BCUT2D eigenvalue weighted by atomic mass is 10.0. The molecular weight excluding hydrogens is 364 g/mol. The molecule has 0 radical (unpaired) electrons. The highest BCUT2D eigenvalue weighted by molar-refractivity contribution is 5.93. The van der Waals surface area contributed by atoms with E-state index in [4.69, 9.17) is 5.73 Å². The van der Waals surface area contributed by atoms with E-state index in [0.717, 1.165) is 35.0 Å². The van der Waals surface area contributed by atoms with Crippen LogP contribution in [0.5, 0.6) is 0 Å². The van der Waals surface area contributed by atoms with Gasteiger partial charge in [-0.25, -0.2) is 5.10 Å². The van der Waals surface area contributed by atoms with Gasteiger partial charge >= 0.3 is 0 Å². The third-order valence-electron chi connectivity index (χ3n) is 4.24. The van der Waals surface area contributed by atoms with Gasteiger partial charge in [-0.15, -0.1) is 12.4 Å². The number of nitrogens with two attached hydrogens (primary N) is 1. The maximum Gasteiger partial charge on any atom is 0.272 e. The van der Waals surface area contributed by atoms with Gasteiger partial charge < -0.3 is 11.1 Å². The molecule has 27 heavy (non-hydrogen) atoms. The number of carbonyl (C=O) groups excluding carboxylic acids is 1. The number of aromatic nitrogens is 2. The third kappa shape index (κ3) is 5.15. The molecule has 0 saturated carbocycles. The monoisotopic (exact) mass is 386 g/mol. The van der Waals surface area contributed by atoms with E-state index >= 15 is 0 Å². The van der Waals surface area contributed by atoms with Crippen LogP contribution in [0.1, 0.15) is 24.8 Å². The molecular formula is C20H23ClN4O2. The number of carbonyl (C=O) groups is 1. The van der Waals surface area contributed by atoms with Crippen LogP contribution in [0.15, 0.2) is 53.3 Å². The zero-order valence-corrected chi connectivity index (χ0v) is 15.7. The number of rotatable bonds is 7. The molecule has 1 aromatic heterocycles. The quantitative estimate of drug-likeness (QED) is 0.543. The summed E-state index contributed by atoms with van der Waals surface area (Å²) in [5, 5.41) is 11.1. The van der Waals surface area contributed by atoms with Crippen molar-refractivity contribution in [1.82, 2.24) is 15.5 Å². The lowest BCUT2D eigenvalue weighted by Crippen LogP contribution is -2.22. The number of fused-ring (bicyclic) bond motifs is 1. The van der Waals surface area contributed by atoms with Gasteiger partial charge in [0.05, 0.1) is 11.1 Å². The van der Waals surface area contributed by atoms with Gasteiger partial charge in [0.2, 0.25) is 5.91 Å². The van der Waals surface area contributed by atoms with Crippen molar-refractivity contribution < 1.29 is 4.79 Å². The molecule has 0 bridgehead atoms. The number of hydrogen-bond acceptors (Lipinski definition) is 4. The second-order valence-electron chi connectivity index (χ2n) is 6.17. The number of H-pyrrole nitrogens is 1. The van der Waals surface area contributed by atoms with E-state index < -0.39 is 0 Å². The number of aromatic amines is 1. The highest BCUT2D eigenvalue weighted by atomic mass is 35.5. The van der Waals surface area contributed by atoms with E-state index in [0.29, 0.717) is 24.9 Å². The second-order valence-corrected chi connectivity index (χ2v) is 6.17. The second kappa shape index (κ2) is 9.85. The molecule has 1 heterocycles. The lowest BCUT2D eigenvalue weighted by molar-refractivity contribution is -0.121. The minimum atomic E-state index is -0.203. The molecule has 6 nitrogen and oxygen atoms in total. The summed E-state index contributed by atoms with van der Waals surface area (Å²) >= 11 is 0. The Balaban J connectivity index is 0.00000261. The topological polar surface area (TPSA) is 101 Å². The van der Waals surface area contributed by atoms with Crippen molar-refractivity contribution in [3.8, 4) is 11.3 Å². The zero-order valence-electron chi connectivity index (χ0n) is 14.9. The molecule has 0 aliphatic rings. The predicted octanol–water partition coefficient (Wildman–Crippen LogP) is 2.76. The van der Waals surface area contributed by atoms with E-state index in [2.05, 4.69) is 15.5 Å². The highest BCUT2D eigenvalue weighted by Gasteiger charge is 2.09. The minimum Gasteiger partial charge on any atom is -0.352 e. The van der Waals surface area contributed by atoms with Gasteiger partial charge in [0.1, 0.15) is 0 Å². The highest BCUT2D eigenvalue weighted by Crippen LogP contribution is 2.24. The molecule has 1 amide bonds. The molecule has 0 fully saturated rings. The first-order chi connectivity index (χ1) is 12.7. The van der Waals surface area contributed by atoms with Crippen molar-refractivity contribution in [2.24, 2.45) is 5.73 Å². The molecule has 0 unspecified atom stereocenters. The summed E-state index contributed by atoms with van der Waals surface area (Å²) in [6.07, 6.45) is 2.15. The Morgan fingerprint density at radius 2 is 1.85 bits per heavy atom. The van der Waals surface area contributed by atoms with Gasteiger partial charge in [-0.2, -0.15) is 5.10 Å². The van der Waals surface area contributed by atoms with Crippen molar-refractivity contribution in [2.45, 2.75) is 25.8 Å². The fourth-order valence-electron chi connectivity index (χ4n) is 2.88. The van der Waals surface area contributed by atoms with Crippen LogP contribution in [0.3, 0.4) is 0 Å². The minimum absolute atomic E-state index is 0.